The molecule has 0 amide bonds. The van der Waals surface area contributed by atoms with Crippen LogP contribution in [0.2, 0.25) is 0 Å². The molecule has 1 fully saturated rings. The molecule has 0 unspecified atom stereocenters. The van der Waals surface area contributed by atoms with Crippen LogP contribution in [-0.2, 0) is 7.05 Å². The molecule has 1 N–H and O–H groups in total. The summed E-state index contributed by atoms with van der Waals surface area (Å²) in [6.07, 6.45) is 3.74. The highest BCUT2D eigenvalue weighted by molar-refractivity contribution is 7.80. The van der Waals surface area contributed by atoms with Gasteiger partial charge in [-0.1, -0.05) is 18.2 Å². The number of nitrogens with zero attached hydrogens (tertiary/aromatic N) is 3. The van der Waals surface area contributed by atoms with Crippen molar-refractivity contribution in [3.8, 4) is 0 Å². The monoisotopic (exact) mass is 352 g/mol. The van der Waals surface area contributed by atoms with Crippen LogP contribution in [-0.4, -0.2) is 14.7 Å². The van der Waals surface area contributed by atoms with Crippen LogP contribution in [0.15, 0.2) is 67.0 Å². The van der Waals surface area contributed by atoms with Gasteiger partial charge in [0.05, 0.1) is 17.4 Å². The van der Waals surface area contributed by atoms with Crippen molar-refractivity contribution in [2.24, 2.45) is 7.05 Å². The molecule has 0 radical (unpaired) electrons. The van der Waals surface area contributed by atoms with Gasteiger partial charge in [-0.3, -0.25) is 4.98 Å². The minimum absolute atomic E-state index is 0.165. The Bertz CT molecular complexity index is 909. The van der Waals surface area contributed by atoms with E-state index in [0.717, 1.165) is 11.4 Å². The summed E-state index contributed by atoms with van der Waals surface area (Å²) in [6, 6.07) is 16.1. The molecule has 4 nitrogen and oxygen atoms in total. The molecule has 2 aromatic heterocycles. The van der Waals surface area contributed by atoms with Gasteiger partial charge in [0.2, 0.25) is 0 Å². The molecule has 126 valence electrons. The number of thiocarbonyl (C=S) groups is 1. The number of anilines is 1. The summed E-state index contributed by atoms with van der Waals surface area (Å²) >= 11 is 5.56. The summed E-state index contributed by atoms with van der Waals surface area (Å²) in [6.45, 7) is 0. The van der Waals surface area contributed by atoms with E-state index in [0.29, 0.717) is 10.8 Å². The van der Waals surface area contributed by atoms with Crippen molar-refractivity contribution in [1.29, 1.82) is 0 Å². The smallest absolute Gasteiger partial charge is 0.174 e. The Hall–Kier alpha value is -2.73. The number of hydrogen-bond acceptors (Lipinski definition) is 2. The lowest BCUT2D eigenvalue weighted by molar-refractivity contribution is 0.534. The predicted molar refractivity (Wildman–Crippen MR) is 99.7 cm³/mol. The van der Waals surface area contributed by atoms with Crippen molar-refractivity contribution < 1.29 is 4.39 Å². The highest BCUT2D eigenvalue weighted by Gasteiger charge is 2.42. The number of para-hydroxylation sites is 1. The molecule has 3 aromatic rings. The number of benzene rings is 1. The van der Waals surface area contributed by atoms with Gasteiger partial charge in [-0.25, -0.2) is 4.39 Å². The molecule has 1 saturated heterocycles. The van der Waals surface area contributed by atoms with Gasteiger partial charge in [0.15, 0.2) is 5.11 Å². The third kappa shape index (κ3) is 2.68. The van der Waals surface area contributed by atoms with Gasteiger partial charge < -0.3 is 14.8 Å². The Kier molecular flexibility index (Phi) is 3.97. The normalized spacial score (nSPS) is 19.9. The first-order chi connectivity index (χ1) is 12.2. The Morgan fingerprint density at radius 2 is 1.88 bits per heavy atom. The summed E-state index contributed by atoms with van der Waals surface area (Å²) in [5.74, 6) is -0.299. The Morgan fingerprint density at radius 1 is 1.08 bits per heavy atom. The van der Waals surface area contributed by atoms with Gasteiger partial charge in [0.1, 0.15) is 11.9 Å². The molecule has 0 spiro atoms. The number of nitrogens with one attached hydrogen (secondary N) is 1. The van der Waals surface area contributed by atoms with E-state index >= 15 is 0 Å². The second-order valence-corrected chi connectivity index (χ2v) is 6.38. The molecule has 1 aromatic carbocycles. The van der Waals surface area contributed by atoms with Crippen molar-refractivity contribution in [1.82, 2.24) is 14.9 Å². The first-order valence-corrected chi connectivity index (χ1v) is 8.44. The van der Waals surface area contributed by atoms with Crippen molar-refractivity contribution >= 4 is 23.0 Å². The molecule has 2 atom stereocenters. The van der Waals surface area contributed by atoms with Crippen LogP contribution in [0.1, 0.15) is 23.5 Å². The summed E-state index contributed by atoms with van der Waals surface area (Å²) in [7, 11) is 1.98. The zero-order valence-corrected chi connectivity index (χ0v) is 14.4. The fourth-order valence-electron chi connectivity index (χ4n) is 3.34. The van der Waals surface area contributed by atoms with Crippen LogP contribution in [0.5, 0.6) is 0 Å². The summed E-state index contributed by atoms with van der Waals surface area (Å²) in [4.78, 5) is 6.33. The van der Waals surface area contributed by atoms with Crippen LogP contribution >= 0.6 is 12.2 Å². The second kappa shape index (κ2) is 6.29. The van der Waals surface area contributed by atoms with E-state index in [1.54, 1.807) is 18.3 Å². The van der Waals surface area contributed by atoms with Gasteiger partial charge in [-0.05, 0) is 48.6 Å². The fourth-order valence-corrected chi connectivity index (χ4v) is 3.68. The minimum atomic E-state index is -0.299. The first-order valence-electron chi connectivity index (χ1n) is 8.03. The van der Waals surface area contributed by atoms with Gasteiger partial charge in [0.25, 0.3) is 0 Å². The molecule has 3 heterocycles. The van der Waals surface area contributed by atoms with Crippen molar-refractivity contribution in [2.75, 3.05) is 4.90 Å². The number of halogens is 1. The van der Waals surface area contributed by atoms with Crippen LogP contribution in [0.3, 0.4) is 0 Å². The fraction of sp³-hybridized carbons (Fsp3) is 0.158. The summed E-state index contributed by atoms with van der Waals surface area (Å²) in [5.41, 5.74) is 2.37. The molecule has 1 aliphatic heterocycles. The third-order valence-electron chi connectivity index (χ3n) is 4.50. The number of rotatable bonds is 3. The highest BCUT2D eigenvalue weighted by atomic mass is 32.1. The topological polar surface area (TPSA) is 33.1 Å². The lowest BCUT2D eigenvalue weighted by Gasteiger charge is -2.28. The standard InChI is InChI=1S/C19H17FN4S/c1-23-12-6-10-16(23)18-17(14-8-4-5-11-21-14)22-19(25)24(18)15-9-3-2-7-13(15)20/h2-12,17-18H,1H3,(H,22,25)/t17-,18+/m1/s1. The molecule has 6 heteroatoms. The van der Waals surface area contributed by atoms with Gasteiger partial charge >= 0.3 is 0 Å². The second-order valence-electron chi connectivity index (χ2n) is 5.99. The largest absolute Gasteiger partial charge is 0.353 e. The van der Waals surface area contributed by atoms with E-state index in [2.05, 4.69) is 10.3 Å². The van der Waals surface area contributed by atoms with Crippen molar-refractivity contribution in [2.45, 2.75) is 12.1 Å². The average Bonchev–Trinajstić information content (AvgIpc) is 3.19. The quantitative estimate of drug-likeness (QED) is 0.728. The number of aryl methyl sites for hydroxylation is 1. The number of hydrogen-bond donors (Lipinski definition) is 1. The number of aromatic nitrogens is 2. The maximum atomic E-state index is 14.5. The zero-order chi connectivity index (χ0) is 17.4. The van der Waals surface area contributed by atoms with E-state index in [1.165, 1.54) is 6.07 Å². The van der Waals surface area contributed by atoms with E-state index < -0.39 is 0 Å². The summed E-state index contributed by atoms with van der Waals surface area (Å²) < 4.78 is 16.5. The molecule has 0 bridgehead atoms. The lowest BCUT2D eigenvalue weighted by atomic mass is 10.0. The molecule has 0 saturated carbocycles. The van der Waals surface area contributed by atoms with E-state index in [1.807, 2.05) is 59.1 Å². The summed E-state index contributed by atoms with van der Waals surface area (Å²) in [5, 5.41) is 3.82. The average molecular weight is 352 g/mol. The number of pyridine rings is 1. The van der Waals surface area contributed by atoms with Crippen LogP contribution < -0.4 is 10.2 Å². The maximum absolute atomic E-state index is 14.5. The SMILES string of the molecule is Cn1cccc1[C@H]1[C@@H](c2ccccn2)NC(=S)N1c1ccccc1F. The molecule has 4 rings (SSSR count). The van der Waals surface area contributed by atoms with E-state index in [-0.39, 0.29) is 17.9 Å². The Balaban J connectivity index is 1.87. The first kappa shape index (κ1) is 15.8. The molecule has 25 heavy (non-hydrogen) atoms. The zero-order valence-electron chi connectivity index (χ0n) is 13.6. The van der Waals surface area contributed by atoms with Crippen LogP contribution in [0.4, 0.5) is 10.1 Å². The minimum Gasteiger partial charge on any atom is -0.353 e. The molecule has 0 aliphatic carbocycles. The Morgan fingerprint density at radius 3 is 2.56 bits per heavy atom. The predicted octanol–water partition coefficient (Wildman–Crippen LogP) is 3.74. The van der Waals surface area contributed by atoms with E-state index in [4.69, 9.17) is 12.2 Å². The van der Waals surface area contributed by atoms with Gasteiger partial charge in [0, 0.05) is 25.1 Å². The molecule has 1 aliphatic rings. The Labute approximate surface area is 150 Å². The molecular weight excluding hydrogens is 335 g/mol. The lowest BCUT2D eigenvalue weighted by Crippen LogP contribution is -2.30. The maximum Gasteiger partial charge on any atom is 0.174 e. The van der Waals surface area contributed by atoms with Crippen molar-refractivity contribution in [3.63, 3.8) is 0 Å². The van der Waals surface area contributed by atoms with Crippen LogP contribution in [0, 0.1) is 5.82 Å². The third-order valence-corrected chi connectivity index (χ3v) is 4.81. The highest BCUT2D eigenvalue weighted by Crippen LogP contribution is 2.41. The van der Waals surface area contributed by atoms with E-state index in [9.17, 15) is 4.39 Å². The van der Waals surface area contributed by atoms with Gasteiger partial charge in [-0.15, -0.1) is 0 Å². The molecular formula is C19H17FN4S. The van der Waals surface area contributed by atoms with Crippen LogP contribution in [0.25, 0.3) is 0 Å². The van der Waals surface area contributed by atoms with Crippen molar-refractivity contribution in [3.05, 3.63) is 84.2 Å². The van der Waals surface area contributed by atoms with Gasteiger partial charge in [-0.2, -0.15) is 0 Å².